The van der Waals surface area contributed by atoms with Gasteiger partial charge >= 0.3 is 0 Å². The van der Waals surface area contributed by atoms with Crippen molar-refractivity contribution < 1.29 is 22.4 Å². The third kappa shape index (κ3) is 5.06. The number of nitrogens with one attached hydrogen (secondary N) is 1. The minimum Gasteiger partial charge on any atom is -0.366 e. The van der Waals surface area contributed by atoms with Gasteiger partial charge in [-0.25, -0.2) is 22.8 Å². The van der Waals surface area contributed by atoms with Gasteiger partial charge in [-0.2, -0.15) is 0 Å². The van der Waals surface area contributed by atoms with Crippen LogP contribution in [0, 0.1) is 5.82 Å². The number of amides is 2. The fraction of sp³-hybridized carbons (Fsp3) is 0.250. The second-order valence-corrected chi connectivity index (χ2v) is 8.90. The Morgan fingerprint density at radius 2 is 1.81 bits per heavy atom. The van der Waals surface area contributed by atoms with Crippen LogP contribution < -0.4 is 15.4 Å². The summed E-state index contributed by atoms with van der Waals surface area (Å²) in [5.41, 5.74) is 1.11. The molecule has 0 aliphatic carbocycles. The van der Waals surface area contributed by atoms with Gasteiger partial charge in [0.25, 0.3) is 5.91 Å². The first-order valence-electron chi connectivity index (χ1n) is 9.34. The molecule has 1 fully saturated rings. The monoisotopic (exact) mass is 464 g/mol. The number of carbonyl (C=O) groups excluding carboxylic acids is 2. The lowest BCUT2D eigenvalue weighted by atomic mass is 10.1. The molecule has 1 heterocycles. The molecule has 164 valence electrons. The summed E-state index contributed by atoms with van der Waals surface area (Å²) >= 11 is 5.35. The number of benzene rings is 2. The van der Waals surface area contributed by atoms with Crippen molar-refractivity contribution in [3.63, 3.8) is 0 Å². The predicted octanol–water partition coefficient (Wildman–Crippen LogP) is 1.15. The summed E-state index contributed by atoms with van der Waals surface area (Å²) in [5.74, 6) is -1.31. The van der Waals surface area contributed by atoms with Gasteiger partial charge in [-0.1, -0.05) is 12.1 Å². The van der Waals surface area contributed by atoms with Crippen molar-refractivity contribution >= 4 is 44.9 Å². The Balaban J connectivity index is 1.78. The highest BCUT2D eigenvalue weighted by molar-refractivity contribution is 7.89. The number of rotatable bonds is 6. The molecule has 0 unspecified atom stereocenters. The minimum atomic E-state index is -3.78. The number of nitrogens with two attached hydrogens (primary N) is 1. The van der Waals surface area contributed by atoms with Crippen LogP contribution >= 0.6 is 12.2 Å². The number of carbonyl (C=O) groups is 2. The van der Waals surface area contributed by atoms with Crippen LogP contribution in [0.5, 0.6) is 0 Å². The summed E-state index contributed by atoms with van der Waals surface area (Å²) in [5, 5.41) is 8.24. The van der Waals surface area contributed by atoms with Gasteiger partial charge in [-0.05, 0) is 60.6 Å². The highest BCUT2D eigenvalue weighted by Gasteiger charge is 2.43. The summed E-state index contributed by atoms with van der Waals surface area (Å²) in [4.78, 5) is 28.3. The third-order valence-electron chi connectivity index (χ3n) is 4.95. The van der Waals surface area contributed by atoms with Gasteiger partial charge in [-0.3, -0.25) is 9.59 Å². The van der Waals surface area contributed by atoms with Crippen molar-refractivity contribution in [1.29, 1.82) is 0 Å². The largest absolute Gasteiger partial charge is 0.366 e. The quantitative estimate of drug-likeness (QED) is 0.487. The number of anilines is 1. The molecule has 1 atom stereocenters. The Kier molecular flexibility index (Phi) is 6.68. The van der Waals surface area contributed by atoms with E-state index in [2.05, 4.69) is 5.32 Å². The molecule has 1 saturated heterocycles. The van der Waals surface area contributed by atoms with Gasteiger partial charge in [-0.15, -0.1) is 0 Å². The average molecular weight is 465 g/mol. The molecule has 1 aliphatic rings. The first kappa shape index (κ1) is 22.8. The fourth-order valence-corrected chi connectivity index (χ4v) is 4.09. The van der Waals surface area contributed by atoms with E-state index in [1.54, 1.807) is 24.1 Å². The average Bonchev–Trinajstić information content (AvgIpc) is 3.02. The summed E-state index contributed by atoms with van der Waals surface area (Å²) in [6.07, 6.45) is 0.379. The van der Waals surface area contributed by atoms with Crippen molar-refractivity contribution in [2.24, 2.45) is 5.14 Å². The van der Waals surface area contributed by atoms with E-state index in [1.165, 1.54) is 36.4 Å². The van der Waals surface area contributed by atoms with Gasteiger partial charge < -0.3 is 10.2 Å². The van der Waals surface area contributed by atoms with Crippen LogP contribution in [0.15, 0.2) is 53.4 Å². The molecule has 11 heteroatoms. The molecule has 0 bridgehead atoms. The molecule has 31 heavy (non-hydrogen) atoms. The van der Waals surface area contributed by atoms with Gasteiger partial charge in [0.15, 0.2) is 5.11 Å². The summed E-state index contributed by atoms with van der Waals surface area (Å²) in [7, 11) is -2.16. The lowest BCUT2D eigenvalue weighted by Crippen LogP contribution is -2.49. The maximum Gasteiger partial charge on any atom is 0.257 e. The molecular weight excluding hydrogens is 443 g/mol. The van der Waals surface area contributed by atoms with E-state index in [9.17, 15) is 22.4 Å². The van der Waals surface area contributed by atoms with Crippen LogP contribution in [0.25, 0.3) is 0 Å². The highest BCUT2D eigenvalue weighted by atomic mass is 32.2. The molecule has 3 N–H and O–H groups in total. The second kappa shape index (κ2) is 9.08. The maximum atomic E-state index is 13.2. The lowest BCUT2D eigenvalue weighted by molar-refractivity contribution is -0.122. The number of sulfonamides is 1. The zero-order valence-corrected chi connectivity index (χ0v) is 18.2. The molecule has 2 amide bonds. The topological polar surface area (TPSA) is 113 Å². The smallest absolute Gasteiger partial charge is 0.257 e. The number of hydrogen-bond donors (Lipinski definition) is 2. The molecule has 8 nitrogen and oxygen atoms in total. The molecular formula is C20H21FN4O4S2. The molecule has 3 rings (SSSR count). The SMILES string of the molecule is CNC(=S)N(CCc1ccc(S(N)(=O)=O)cc1)[C@@H]1CC(=O)N(c2ccc(F)cc2)C1=O. The highest BCUT2D eigenvalue weighted by Crippen LogP contribution is 2.26. The first-order valence-corrected chi connectivity index (χ1v) is 11.3. The molecule has 0 radical (unpaired) electrons. The molecule has 2 aromatic carbocycles. The molecule has 0 saturated carbocycles. The zero-order chi connectivity index (χ0) is 22.8. The predicted molar refractivity (Wildman–Crippen MR) is 117 cm³/mol. The Hall–Kier alpha value is -2.89. The Morgan fingerprint density at radius 3 is 2.35 bits per heavy atom. The van der Waals surface area contributed by atoms with Crippen LogP contribution in [0.3, 0.4) is 0 Å². The van der Waals surface area contributed by atoms with E-state index >= 15 is 0 Å². The lowest BCUT2D eigenvalue weighted by Gasteiger charge is -2.29. The Morgan fingerprint density at radius 1 is 1.19 bits per heavy atom. The van der Waals surface area contributed by atoms with E-state index in [0.29, 0.717) is 23.8 Å². The van der Waals surface area contributed by atoms with Gasteiger partial charge in [0.2, 0.25) is 15.9 Å². The number of halogens is 1. The Labute approximate surface area is 184 Å². The summed E-state index contributed by atoms with van der Waals surface area (Å²) < 4.78 is 36.0. The number of primary sulfonamides is 1. The van der Waals surface area contributed by atoms with Crippen LogP contribution in [-0.4, -0.2) is 49.9 Å². The molecule has 0 spiro atoms. The van der Waals surface area contributed by atoms with Crippen molar-refractivity contribution in [1.82, 2.24) is 10.2 Å². The Bertz CT molecular complexity index is 1110. The molecule has 2 aromatic rings. The zero-order valence-electron chi connectivity index (χ0n) is 16.6. The number of thiocarbonyl (C=S) groups is 1. The standard InChI is InChI=1S/C20H21FN4O4S2/c1-23-20(30)24(11-10-13-2-8-16(9-3-13)31(22,28)29)17-12-18(26)25(19(17)27)15-6-4-14(21)5-7-15/h2-9,17H,10-12H2,1H3,(H,23,30)(H2,22,28,29)/t17-/m1/s1. The van der Waals surface area contributed by atoms with E-state index < -0.39 is 33.7 Å². The second-order valence-electron chi connectivity index (χ2n) is 6.95. The van der Waals surface area contributed by atoms with Crippen molar-refractivity contribution in [2.75, 3.05) is 18.5 Å². The fourth-order valence-electron chi connectivity index (χ4n) is 3.36. The number of nitrogens with zero attached hydrogens (tertiary/aromatic N) is 2. The van der Waals surface area contributed by atoms with Crippen molar-refractivity contribution in [3.8, 4) is 0 Å². The number of imide groups is 1. The van der Waals surface area contributed by atoms with Gasteiger partial charge in [0, 0.05) is 13.6 Å². The van der Waals surface area contributed by atoms with Crippen molar-refractivity contribution in [3.05, 3.63) is 59.9 Å². The van der Waals surface area contributed by atoms with Crippen molar-refractivity contribution in [2.45, 2.75) is 23.8 Å². The molecule has 0 aromatic heterocycles. The van der Waals surface area contributed by atoms with E-state index in [1.807, 2.05) is 0 Å². The van der Waals surface area contributed by atoms with E-state index in [4.69, 9.17) is 17.4 Å². The van der Waals surface area contributed by atoms with E-state index in [0.717, 1.165) is 10.5 Å². The third-order valence-corrected chi connectivity index (χ3v) is 6.32. The van der Waals surface area contributed by atoms with Gasteiger partial charge in [0.05, 0.1) is 17.0 Å². The molecule has 1 aliphatic heterocycles. The van der Waals surface area contributed by atoms with Gasteiger partial charge in [0.1, 0.15) is 11.9 Å². The van der Waals surface area contributed by atoms with E-state index in [-0.39, 0.29) is 11.3 Å². The minimum absolute atomic E-state index is 0.00496. The first-order chi connectivity index (χ1) is 14.6. The normalized spacial score (nSPS) is 16.5. The number of hydrogen-bond acceptors (Lipinski definition) is 5. The maximum absolute atomic E-state index is 13.2. The summed E-state index contributed by atoms with van der Waals surface area (Å²) in [6, 6.07) is 10.4. The van der Waals surface area contributed by atoms with Crippen LogP contribution in [0.1, 0.15) is 12.0 Å². The summed E-state index contributed by atoms with van der Waals surface area (Å²) in [6.45, 7) is 0.315. The van der Waals surface area contributed by atoms with Crippen LogP contribution in [-0.2, 0) is 26.0 Å². The van der Waals surface area contributed by atoms with Crippen LogP contribution in [0.2, 0.25) is 0 Å². The van der Waals surface area contributed by atoms with Crippen LogP contribution in [0.4, 0.5) is 10.1 Å².